The minimum Gasteiger partial charge on any atom is -0.493 e. The molecule has 0 radical (unpaired) electrons. The number of hydrogen-bond acceptors (Lipinski definition) is 2. The SMILES string of the molecule is CCC1=[N+](C)C(C)=C1c1c(Cl)ccc(/C(CCCOc2cccc3cc(F)ccc23)=C(/C=O)CC)c1C. The Balaban J connectivity index is 1.60. The first-order valence-electron chi connectivity index (χ1n) is 12.9. The summed E-state index contributed by atoms with van der Waals surface area (Å²) in [7, 11) is 2.09. The highest BCUT2D eigenvalue weighted by Gasteiger charge is 2.35. The second-order valence-electron chi connectivity index (χ2n) is 9.46. The van der Waals surface area contributed by atoms with Crippen LogP contribution >= 0.6 is 11.6 Å². The third-order valence-corrected chi connectivity index (χ3v) is 7.74. The lowest BCUT2D eigenvalue weighted by Crippen LogP contribution is -2.29. The predicted octanol–water partition coefficient (Wildman–Crippen LogP) is 8.40. The van der Waals surface area contributed by atoms with Gasteiger partial charge in [0.05, 0.1) is 6.61 Å². The van der Waals surface area contributed by atoms with E-state index in [0.717, 1.165) is 68.5 Å². The van der Waals surface area contributed by atoms with E-state index in [0.29, 0.717) is 19.4 Å². The Labute approximate surface area is 223 Å². The van der Waals surface area contributed by atoms with E-state index in [1.807, 2.05) is 37.3 Å². The number of aldehydes is 1. The minimum atomic E-state index is -0.263. The summed E-state index contributed by atoms with van der Waals surface area (Å²) in [5, 5.41) is 2.43. The largest absolute Gasteiger partial charge is 0.493 e. The van der Waals surface area contributed by atoms with E-state index in [4.69, 9.17) is 16.3 Å². The van der Waals surface area contributed by atoms with Crippen LogP contribution in [0, 0.1) is 12.7 Å². The Kier molecular flexibility index (Phi) is 8.29. The van der Waals surface area contributed by atoms with Gasteiger partial charge in [0, 0.05) is 29.3 Å². The summed E-state index contributed by atoms with van der Waals surface area (Å²) in [5.74, 6) is 0.472. The molecule has 0 spiro atoms. The zero-order valence-corrected chi connectivity index (χ0v) is 23.0. The fraction of sp³-hybridized carbons (Fsp3) is 0.312. The van der Waals surface area contributed by atoms with Gasteiger partial charge < -0.3 is 4.74 Å². The molecule has 3 aromatic carbocycles. The number of benzene rings is 3. The van der Waals surface area contributed by atoms with Gasteiger partial charge in [-0.05, 0) is 84.2 Å². The van der Waals surface area contributed by atoms with Gasteiger partial charge in [-0.2, -0.15) is 0 Å². The van der Waals surface area contributed by atoms with Gasteiger partial charge in [0.2, 0.25) is 0 Å². The van der Waals surface area contributed by atoms with Crippen molar-refractivity contribution in [3.63, 3.8) is 0 Å². The van der Waals surface area contributed by atoms with Gasteiger partial charge in [0.25, 0.3) is 0 Å². The van der Waals surface area contributed by atoms with Gasteiger partial charge >= 0.3 is 0 Å². The summed E-state index contributed by atoms with van der Waals surface area (Å²) >= 11 is 6.75. The van der Waals surface area contributed by atoms with E-state index in [1.54, 1.807) is 6.07 Å². The first-order valence-corrected chi connectivity index (χ1v) is 13.3. The Hall–Kier alpha value is -3.24. The van der Waals surface area contributed by atoms with Crippen molar-refractivity contribution >= 4 is 45.5 Å². The number of nitrogens with zero attached hydrogens (tertiary/aromatic N) is 1. The summed E-state index contributed by atoms with van der Waals surface area (Å²) in [6.45, 7) is 8.88. The van der Waals surface area contributed by atoms with Crippen LogP contribution in [0.2, 0.25) is 5.02 Å². The second-order valence-corrected chi connectivity index (χ2v) is 9.87. The standard InChI is InChI=1S/C32H34ClFNO2/c1-6-22(19-36)26(11-9-17-37-30-12-8-10-23-18-24(34)13-14-27(23)30)25-15-16-28(33)31(20(25)3)32-21(4)35(5)29(32)7-2/h8,10,12-16,18-19H,6-7,9,11,17H2,1-5H3/q+1/b26-22+. The lowest BCUT2D eigenvalue weighted by Gasteiger charge is -2.24. The Bertz CT molecular complexity index is 1470. The number of fused-ring (bicyclic) bond motifs is 1. The first-order chi connectivity index (χ1) is 17.8. The van der Waals surface area contributed by atoms with Crippen LogP contribution in [-0.2, 0) is 4.79 Å². The van der Waals surface area contributed by atoms with Crippen LogP contribution < -0.4 is 4.74 Å². The lowest BCUT2D eigenvalue weighted by molar-refractivity contribution is -0.452. The van der Waals surface area contributed by atoms with Crippen LogP contribution in [-0.4, -0.2) is 30.2 Å². The van der Waals surface area contributed by atoms with Crippen LogP contribution in [0.5, 0.6) is 5.75 Å². The monoisotopic (exact) mass is 518 g/mol. The zero-order valence-electron chi connectivity index (χ0n) is 22.3. The second kappa shape index (κ2) is 11.4. The summed E-state index contributed by atoms with van der Waals surface area (Å²) < 4.78 is 22.0. The van der Waals surface area contributed by atoms with Crippen molar-refractivity contribution in [2.45, 2.75) is 53.4 Å². The number of hydrogen-bond donors (Lipinski definition) is 0. The molecule has 1 aliphatic rings. The quantitative estimate of drug-likeness (QED) is 0.117. The molecule has 3 aromatic rings. The van der Waals surface area contributed by atoms with Crippen molar-refractivity contribution in [3.8, 4) is 5.75 Å². The van der Waals surface area contributed by atoms with Gasteiger partial charge in [0.15, 0.2) is 11.4 Å². The molecule has 0 atom stereocenters. The molecular weight excluding hydrogens is 485 g/mol. The molecule has 0 saturated heterocycles. The van der Waals surface area contributed by atoms with Crippen LogP contribution in [0.3, 0.4) is 0 Å². The minimum absolute atomic E-state index is 0.263. The van der Waals surface area contributed by atoms with E-state index in [1.165, 1.54) is 29.1 Å². The van der Waals surface area contributed by atoms with Gasteiger partial charge in [0.1, 0.15) is 30.5 Å². The molecule has 0 fully saturated rings. The maximum atomic E-state index is 13.6. The Morgan fingerprint density at radius 2 is 1.89 bits per heavy atom. The average molecular weight is 519 g/mol. The number of carbonyl (C=O) groups is 1. The molecule has 0 saturated carbocycles. The summed E-state index contributed by atoms with van der Waals surface area (Å²) in [6, 6.07) is 14.4. The molecule has 5 heteroatoms. The van der Waals surface area contributed by atoms with Crippen molar-refractivity contribution in [1.82, 2.24) is 0 Å². The molecular formula is C32H34ClFNO2+. The molecule has 3 nitrogen and oxygen atoms in total. The zero-order chi connectivity index (χ0) is 26.7. The topological polar surface area (TPSA) is 29.3 Å². The third kappa shape index (κ3) is 5.13. The van der Waals surface area contributed by atoms with E-state index in [2.05, 4.69) is 32.4 Å². The maximum Gasteiger partial charge on any atom is 0.195 e. The van der Waals surface area contributed by atoms with Crippen molar-refractivity contribution in [1.29, 1.82) is 0 Å². The molecule has 0 amide bonds. The van der Waals surface area contributed by atoms with Gasteiger partial charge in [-0.3, -0.25) is 4.79 Å². The molecule has 0 bridgehead atoms. The summed E-state index contributed by atoms with van der Waals surface area (Å²) in [5.41, 5.74) is 8.76. The highest BCUT2D eigenvalue weighted by atomic mass is 35.5. The fourth-order valence-corrected chi connectivity index (χ4v) is 5.66. The van der Waals surface area contributed by atoms with Gasteiger partial charge in [-0.25, -0.2) is 8.97 Å². The number of carbonyl (C=O) groups excluding carboxylic acids is 1. The van der Waals surface area contributed by atoms with Crippen LogP contribution in [0.4, 0.5) is 4.39 Å². The van der Waals surface area contributed by atoms with Crippen molar-refractivity contribution in [2.75, 3.05) is 13.7 Å². The molecule has 0 unspecified atom stereocenters. The molecule has 4 rings (SSSR count). The molecule has 192 valence electrons. The van der Waals surface area contributed by atoms with Crippen molar-refractivity contribution < 1.29 is 18.5 Å². The smallest absolute Gasteiger partial charge is 0.195 e. The highest BCUT2D eigenvalue weighted by Crippen LogP contribution is 2.40. The Morgan fingerprint density at radius 3 is 2.59 bits per heavy atom. The normalized spacial score (nSPS) is 14.1. The lowest BCUT2D eigenvalue weighted by atomic mass is 9.84. The molecule has 0 N–H and O–H groups in total. The van der Waals surface area contributed by atoms with E-state index in [9.17, 15) is 9.18 Å². The van der Waals surface area contributed by atoms with Crippen molar-refractivity contribution in [2.24, 2.45) is 0 Å². The number of halogens is 2. The van der Waals surface area contributed by atoms with E-state index >= 15 is 0 Å². The van der Waals surface area contributed by atoms with Crippen LogP contribution in [0.15, 0.2) is 59.8 Å². The molecule has 1 heterocycles. The maximum absolute atomic E-state index is 13.6. The number of ether oxygens (including phenoxy) is 1. The molecule has 0 aromatic heterocycles. The van der Waals surface area contributed by atoms with Gasteiger partial charge in [-0.1, -0.05) is 43.6 Å². The first kappa shape index (κ1) is 26.8. The average Bonchev–Trinajstić information content (AvgIpc) is 2.90. The summed E-state index contributed by atoms with van der Waals surface area (Å²) in [4.78, 5) is 12.1. The Morgan fingerprint density at radius 1 is 1.11 bits per heavy atom. The molecule has 0 aliphatic carbocycles. The number of allylic oxidation sites excluding steroid dienone is 4. The molecule has 1 aliphatic heterocycles. The fourth-order valence-electron chi connectivity index (χ4n) is 5.36. The summed E-state index contributed by atoms with van der Waals surface area (Å²) in [6.07, 6.45) is 4.00. The van der Waals surface area contributed by atoms with Crippen LogP contribution in [0.25, 0.3) is 21.9 Å². The van der Waals surface area contributed by atoms with E-state index in [-0.39, 0.29) is 5.82 Å². The molecule has 37 heavy (non-hydrogen) atoms. The van der Waals surface area contributed by atoms with Crippen LogP contribution in [0.1, 0.15) is 63.1 Å². The van der Waals surface area contributed by atoms with Gasteiger partial charge in [-0.15, -0.1) is 0 Å². The predicted molar refractivity (Wildman–Crippen MR) is 152 cm³/mol. The van der Waals surface area contributed by atoms with E-state index < -0.39 is 0 Å². The van der Waals surface area contributed by atoms with Crippen molar-refractivity contribution in [3.05, 3.63) is 87.3 Å². The third-order valence-electron chi connectivity index (χ3n) is 7.42. The highest BCUT2D eigenvalue weighted by molar-refractivity contribution is 6.36. The number of rotatable bonds is 10.